The van der Waals surface area contributed by atoms with Crippen molar-refractivity contribution in [3.8, 4) is 0 Å². The molecule has 0 amide bonds. The third-order valence-electron chi connectivity index (χ3n) is 3.27. The van der Waals surface area contributed by atoms with Crippen LogP contribution >= 0.6 is 0 Å². The molecule has 0 fully saturated rings. The van der Waals surface area contributed by atoms with E-state index in [0.29, 0.717) is 0 Å². The molecule has 1 atom stereocenters. The van der Waals surface area contributed by atoms with Crippen molar-refractivity contribution in [1.29, 1.82) is 0 Å². The first kappa shape index (κ1) is 16.7. The molecule has 0 spiro atoms. The fourth-order valence-corrected chi connectivity index (χ4v) is 2.16. The second-order valence-corrected chi connectivity index (χ2v) is 5.06. The number of hydrogen-bond donors (Lipinski definition) is 1. The van der Waals surface area contributed by atoms with E-state index in [0.717, 1.165) is 6.42 Å². The number of hydrogen-bond acceptors (Lipinski definition) is 1. The normalized spacial score (nSPS) is 13.4. The molecule has 0 radical (unpaired) electrons. The van der Waals surface area contributed by atoms with Gasteiger partial charge < -0.3 is 5.11 Å². The van der Waals surface area contributed by atoms with Crippen LogP contribution in [0.5, 0.6) is 0 Å². The van der Waals surface area contributed by atoms with Crippen LogP contribution in [0.25, 0.3) is 0 Å². The predicted molar refractivity (Wildman–Crippen MR) is 77.3 cm³/mol. The van der Waals surface area contributed by atoms with Gasteiger partial charge in [0.2, 0.25) is 0 Å². The number of aliphatic hydroxyl groups is 1. The van der Waals surface area contributed by atoms with E-state index in [1.165, 1.54) is 64.2 Å². The zero-order valence-corrected chi connectivity index (χ0v) is 12.0. The third kappa shape index (κ3) is 13.6. The van der Waals surface area contributed by atoms with Gasteiger partial charge in [-0.1, -0.05) is 83.3 Å². The summed E-state index contributed by atoms with van der Waals surface area (Å²) in [5.74, 6) is 0. The van der Waals surface area contributed by atoms with Crippen molar-refractivity contribution in [3.63, 3.8) is 0 Å². The van der Waals surface area contributed by atoms with Gasteiger partial charge in [-0.05, 0) is 13.3 Å². The summed E-state index contributed by atoms with van der Waals surface area (Å²) in [6.45, 7) is 4.23. The van der Waals surface area contributed by atoms with Gasteiger partial charge in [0.05, 0.1) is 6.10 Å². The van der Waals surface area contributed by atoms with Crippen molar-refractivity contribution < 1.29 is 5.11 Å². The second-order valence-electron chi connectivity index (χ2n) is 5.06. The Morgan fingerprint density at radius 1 is 0.824 bits per heavy atom. The lowest BCUT2D eigenvalue weighted by molar-refractivity contribution is 0.208. The molecule has 0 saturated carbocycles. The van der Waals surface area contributed by atoms with Crippen LogP contribution in [0.2, 0.25) is 0 Å². The van der Waals surface area contributed by atoms with Crippen molar-refractivity contribution in [2.24, 2.45) is 0 Å². The van der Waals surface area contributed by atoms with E-state index in [2.05, 4.69) is 6.92 Å². The van der Waals surface area contributed by atoms with Crippen molar-refractivity contribution >= 4 is 0 Å². The molecule has 0 aliphatic heterocycles. The zero-order chi connectivity index (χ0) is 12.8. The standard InChI is InChI=1S/C16H32O/c1-3-5-6-7-8-9-10-11-12-13-15-16(17)14-4-2/h4,14,16-17H,3,5-13,15H2,1-2H3. The molecule has 0 rings (SSSR count). The summed E-state index contributed by atoms with van der Waals surface area (Å²) < 4.78 is 0. The summed E-state index contributed by atoms with van der Waals surface area (Å²) in [6, 6.07) is 0. The Hall–Kier alpha value is -0.300. The molecule has 0 heterocycles. The highest BCUT2D eigenvalue weighted by Crippen LogP contribution is 2.12. The van der Waals surface area contributed by atoms with Gasteiger partial charge >= 0.3 is 0 Å². The SMILES string of the molecule is CC=CC(O)CCCCCCCCCCCC. The topological polar surface area (TPSA) is 20.2 Å². The highest BCUT2D eigenvalue weighted by Gasteiger charge is 1.98. The minimum atomic E-state index is -0.214. The Morgan fingerprint density at radius 3 is 1.76 bits per heavy atom. The molecule has 0 aromatic rings. The van der Waals surface area contributed by atoms with E-state index in [4.69, 9.17) is 0 Å². The fraction of sp³-hybridized carbons (Fsp3) is 0.875. The fourth-order valence-electron chi connectivity index (χ4n) is 2.16. The average molecular weight is 240 g/mol. The molecule has 0 aromatic heterocycles. The third-order valence-corrected chi connectivity index (χ3v) is 3.27. The van der Waals surface area contributed by atoms with Gasteiger partial charge in [0.15, 0.2) is 0 Å². The summed E-state index contributed by atoms with van der Waals surface area (Å²) in [7, 11) is 0. The van der Waals surface area contributed by atoms with Crippen molar-refractivity contribution in [1.82, 2.24) is 0 Å². The molecular weight excluding hydrogens is 208 g/mol. The lowest BCUT2D eigenvalue weighted by Crippen LogP contribution is -2.00. The van der Waals surface area contributed by atoms with Gasteiger partial charge in [-0.2, -0.15) is 0 Å². The monoisotopic (exact) mass is 240 g/mol. The van der Waals surface area contributed by atoms with Gasteiger partial charge in [-0.3, -0.25) is 0 Å². The Balaban J connectivity index is 3.03. The van der Waals surface area contributed by atoms with Crippen LogP contribution in [0.1, 0.15) is 84.5 Å². The van der Waals surface area contributed by atoms with Gasteiger partial charge in [0, 0.05) is 0 Å². The van der Waals surface area contributed by atoms with Crippen molar-refractivity contribution in [2.45, 2.75) is 90.6 Å². The van der Waals surface area contributed by atoms with E-state index in [-0.39, 0.29) is 6.10 Å². The summed E-state index contributed by atoms with van der Waals surface area (Å²) in [4.78, 5) is 0. The number of aliphatic hydroxyl groups excluding tert-OH is 1. The number of unbranched alkanes of at least 4 members (excludes halogenated alkanes) is 9. The number of rotatable bonds is 12. The van der Waals surface area contributed by atoms with Gasteiger partial charge in [0.25, 0.3) is 0 Å². The maximum absolute atomic E-state index is 9.49. The van der Waals surface area contributed by atoms with Crippen LogP contribution in [0.4, 0.5) is 0 Å². The summed E-state index contributed by atoms with van der Waals surface area (Å²) in [6.07, 6.45) is 18.1. The lowest BCUT2D eigenvalue weighted by atomic mass is 10.0. The maximum Gasteiger partial charge on any atom is 0.0720 e. The molecule has 0 saturated heterocycles. The smallest absolute Gasteiger partial charge is 0.0720 e. The van der Waals surface area contributed by atoms with E-state index < -0.39 is 0 Å². The Bertz CT molecular complexity index is 163. The van der Waals surface area contributed by atoms with Crippen molar-refractivity contribution in [2.75, 3.05) is 0 Å². The van der Waals surface area contributed by atoms with Crippen LogP contribution in [-0.4, -0.2) is 11.2 Å². The molecule has 1 heteroatoms. The van der Waals surface area contributed by atoms with Crippen LogP contribution in [0, 0.1) is 0 Å². The van der Waals surface area contributed by atoms with E-state index in [1.54, 1.807) is 0 Å². The summed E-state index contributed by atoms with van der Waals surface area (Å²) in [5, 5.41) is 9.49. The molecule has 1 unspecified atom stereocenters. The first-order valence-electron chi connectivity index (χ1n) is 7.62. The minimum Gasteiger partial charge on any atom is -0.389 e. The van der Waals surface area contributed by atoms with Gasteiger partial charge in [-0.15, -0.1) is 0 Å². The van der Waals surface area contributed by atoms with Crippen LogP contribution in [0.3, 0.4) is 0 Å². The molecule has 0 aromatic carbocycles. The molecule has 1 nitrogen and oxygen atoms in total. The first-order valence-corrected chi connectivity index (χ1v) is 7.62. The van der Waals surface area contributed by atoms with Gasteiger partial charge in [-0.25, -0.2) is 0 Å². The highest BCUT2D eigenvalue weighted by molar-refractivity contribution is 4.84. The van der Waals surface area contributed by atoms with E-state index in [9.17, 15) is 5.11 Å². The Labute approximate surface area is 108 Å². The molecule has 0 aliphatic rings. The van der Waals surface area contributed by atoms with Crippen LogP contribution < -0.4 is 0 Å². The summed E-state index contributed by atoms with van der Waals surface area (Å²) >= 11 is 0. The largest absolute Gasteiger partial charge is 0.389 e. The van der Waals surface area contributed by atoms with E-state index >= 15 is 0 Å². The molecule has 1 N–H and O–H groups in total. The average Bonchev–Trinajstić information content (AvgIpc) is 2.32. The van der Waals surface area contributed by atoms with Crippen molar-refractivity contribution in [3.05, 3.63) is 12.2 Å². The second kappa shape index (κ2) is 13.8. The number of allylic oxidation sites excluding steroid dienone is 1. The van der Waals surface area contributed by atoms with Gasteiger partial charge in [0.1, 0.15) is 0 Å². The molecule has 17 heavy (non-hydrogen) atoms. The Kier molecular flexibility index (Phi) is 13.5. The molecule has 0 bridgehead atoms. The quantitative estimate of drug-likeness (QED) is 0.365. The lowest BCUT2D eigenvalue weighted by Gasteiger charge is -2.05. The predicted octanol–water partition coefficient (Wildman–Crippen LogP) is 5.23. The summed E-state index contributed by atoms with van der Waals surface area (Å²) in [5.41, 5.74) is 0. The van der Waals surface area contributed by atoms with Crippen LogP contribution in [0.15, 0.2) is 12.2 Å². The zero-order valence-electron chi connectivity index (χ0n) is 12.0. The van der Waals surface area contributed by atoms with Crippen LogP contribution in [-0.2, 0) is 0 Å². The van der Waals surface area contributed by atoms with E-state index in [1.807, 2.05) is 19.1 Å². The highest BCUT2D eigenvalue weighted by atomic mass is 16.3. The maximum atomic E-state index is 9.49. The first-order chi connectivity index (χ1) is 8.31. The Morgan fingerprint density at radius 2 is 1.29 bits per heavy atom. The molecule has 102 valence electrons. The molecule has 0 aliphatic carbocycles. The molecular formula is C16H32O. The minimum absolute atomic E-state index is 0.214.